The summed E-state index contributed by atoms with van der Waals surface area (Å²) in [6, 6.07) is 4.72. The first-order valence-electron chi connectivity index (χ1n) is 6.10. The van der Waals surface area contributed by atoms with Crippen LogP contribution in [0.3, 0.4) is 0 Å². The van der Waals surface area contributed by atoms with Gasteiger partial charge in [-0.25, -0.2) is 18.1 Å². The van der Waals surface area contributed by atoms with Crippen LogP contribution in [-0.2, 0) is 14.8 Å². The van der Waals surface area contributed by atoms with Crippen molar-refractivity contribution in [3.05, 3.63) is 52.0 Å². The molecule has 110 valence electrons. The van der Waals surface area contributed by atoms with Gasteiger partial charge in [-0.1, -0.05) is 6.07 Å². The van der Waals surface area contributed by atoms with Crippen LogP contribution in [0.5, 0.6) is 0 Å². The molecule has 21 heavy (non-hydrogen) atoms. The van der Waals surface area contributed by atoms with Gasteiger partial charge in [0.05, 0.1) is 4.90 Å². The largest absolute Gasteiger partial charge is 0.269 e. The van der Waals surface area contributed by atoms with E-state index < -0.39 is 15.9 Å². The summed E-state index contributed by atoms with van der Waals surface area (Å²) >= 11 is 1.36. The lowest BCUT2D eigenvalue weighted by Crippen LogP contribution is -2.29. The summed E-state index contributed by atoms with van der Waals surface area (Å²) in [5, 5.41) is 2.40. The van der Waals surface area contributed by atoms with Gasteiger partial charge in [-0.3, -0.25) is 4.79 Å². The number of hydrogen-bond acceptors (Lipinski definition) is 5. The van der Waals surface area contributed by atoms with Gasteiger partial charge in [0.25, 0.3) is 15.9 Å². The number of amides is 1. The van der Waals surface area contributed by atoms with Gasteiger partial charge < -0.3 is 0 Å². The normalized spacial score (nSPS) is 11.7. The van der Waals surface area contributed by atoms with E-state index >= 15 is 0 Å². The molecule has 0 fully saturated rings. The van der Waals surface area contributed by atoms with Crippen LogP contribution in [0.25, 0.3) is 6.08 Å². The Labute approximate surface area is 127 Å². The molecule has 2 rings (SSSR count). The standard InChI is InChI=1S/C14H14N2O3S2/c1-10-3-4-12(9-11(10)2)21(18,19)16-13(17)5-6-14-15-7-8-20-14/h3-9H,1-2H3,(H,16,17)/b6-5-. The highest BCUT2D eigenvalue weighted by atomic mass is 32.2. The lowest BCUT2D eigenvalue weighted by Gasteiger charge is -2.07. The van der Waals surface area contributed by atoms with Gasteiger partial charge in [-0.15, -0.1) is 11.3 Å². The number of sulfonamides is 1. The number of carbonyl (C=O) groups is 1. The molecule has 0 aliphatic rings. The van der Waals surface area contributed by atoms with Gasteiger partial charge in [-0.2, -0.15) is 0 Å². The van der Waals surface area contributed by atoms with Crippen molar-refractivity contribution in [1.82, 2.24) is 9.71 Å². The van der Waals surface area contributed by atoms with Crippen LogP contribution < -0.4 is 4.72 Å². The van der Waals surface area contributed by atoms with E-state index in [9.17, 15) is 13.2 Å². The third-order valence-corrected chi connectivity index (χ3v) is 4.94. The van der Waals surface area contributed by atoms with E-state index in [0.717, 1.165) is 17.2 Å². The summed E-state index contributed by atoms with van der Waals surface area (Å²) in [5.41, 5.74) is 1.84. The number of nitrogens with one attached hydrogen (secondary N) is 1. The van der Waals surface area contributed by atoms with Crippen molar-refractivity contribution in [3.63, 3.8) is 0 Å². The molecule has 0 saturated heterocycles. The van der Waals surface area contributed by atoms with Crippen LogP contribution in [0.15, 0.2) is 40.7 Å². The van der Waals surface area contributed by atoms with Crippen molar-refractivity contribution >= 4 is 33.3 Å². The van der Waals surface area contributed by atoms with Gasteiger partial charge in [-0.05, 0) is 43.2 Å². The number of aryl methyl sites for hydroxylation is 2. The fraction of sp³-hybridized carbons (Fsp3) is 0.143. The maximum atomic E-state index is 12.1. The van der Waals surface area contributed by atoms with E-state index in [4.69, 9.17) is 0 Å². The minimum atomic E-state index is -3.86. The summed E-state index contributed by atoms with van der Waals surface area (Å²) in [6.07, 6.45) is 4.22. The average Bonchev–Trinajstić information content (AvgIpc) is 2.92. The molecular weight excluding hydrogens is 308 g/mol. The molecule has 0 saturated carbocycles. The zero-order chi connectivity index (χ0) is 15.5. The number of carbonyl (C=O) groups excluding carboxylic acids is 1. The number of benzene rings is 1. The number of nitrogens with zero attached hydrogens (tertiary/aromatic N) is 1. The zero-order valence-corrected chi connectivity index (χ0v) is 13.2. The Hall–Kier alpha value is -1.99. The van der Waals surface area contributed by atoms with Crippen molar-refractivity contribution < 1.29 is 13.2 Å². The van der Waals surface area contributed by atoms with Gasteiger partial charge in [0.1, 0.15) is 5.01 Å². The predicted molar refractivity (Wildman–Crippen MR) is 82.4 cm³/mol. The molecule has 1 aromatic heterocycles. The van der Waals surface area contributed by atoms with Crippen LogP contribution in [0, 0.1) is 13.8 Å². The summed E-state index contributed by atoms with van der Waals surface area (Å²) < 4.78 is 26.2. The molecule has 1 amide bonds. The second-order valence-corrected chi connectivity index (χ2v) is 7.03. The highest BCUT2D eigenvalue weighted by Crippen LogP contribution is 2.14. The van der Waals surface area contributed by atoms with Crippen LogP contribution in [0.2, 0.25) is 0 Å². The second kappa shape index (κ2) is 6.19. The fourth-order valence-corrected chi connectivity index (χ4v) is 3.13. The first kappa shape index (κ1) is 15.4. The monoisotopic (exact) mass is 322 g/mol. The maximum Gasteiger partial charge on any atom is 0.264 e. The molecular formula is C14H14N2O3S2. The smallest absolute Gasteiger partial charge is 0.264 e. The lowest BCUT2D eigenvalue weighted by atomic mass is 10.1. The van der Waals surface area contributed by atoms with E-state index in [1.54, 1.807) is 17.6 Å². The van der Waals surface area contributed by atoms with Crippen molar-refractivity contribution in [3.8, 4) is 0 Å². The zero-order valence-electron chi connectivity index (χ0n) is 11.5. The Morgan fingerprint density at radius 3 is 2.67 bits per heavy atom. The molecule has 0 radical (unpaired) electrons. The van der Waals surface area contributed by atoms with Gasteiger partial charge >= 0.3 is 0 Å². The first-order chi connectivity index (χ1) is 9.88. The van der Waals surface area contributed by atoms with Gasteiger partial charge in [0, 0.05) is 17.7 Å². The molecule has 1 heterocycles. The highest BCUT2D eigenvalue weighted by Gasteiger charge is 2.16. The molecule has 5 nitrogen and oxygen atoms in total. The minimum absolute atomic E-state index is 0.0709. The Morgan fingerprint density at radius 1 is 1.29 bits per heavy atom. The summed E-state index contributed by atoms with van der Waals surface area (Å²) in [6.45, 7) is 3.71. The quantitative estimate of drug-likeness (QED) is 0.876. The predicted octanol–water partition coefficient (Wildman–Crippen LogP) is 2.28. The molecule has 0 aliphatic carbocycles. The van der Waals surface area contributed by atoms with Crippen LogP contribution in [-0.4, -0.2) is 19.3 Å². The Bertz CT molecular complexity index is 779. The van der Waals surface area contributed by atoms with Crippen LogP contribution in [0.1, 0.15) is 16.1 Å². The van der Waals surface area contributed by atoms with E-state index in [2.05, 4.69) is 4.98 Å². The van der Waals surface area contributed by atoms with Gasteiger partial charge in [0.2, 0.25) is 0 Å². The van der Waals surface area contributed by atoms with E-state index in [0.29, 0.717) is 5.01 Å². The summed E-state index contributed by atoms with van der Waals surface area (Å²) in [7, 11) is -3.86. The number of aromatic nitrogens is 1. The molecule has 0 atom stereocenters. The molecule has 0 unspecified atom stereocenters. The average molecular weight is 322 g/mol. The third kappa shape index (κ3) is 3.99. The van der Waals surface area contributed by atoms with E-state index in [-0.39, 0.29) is 4.90 Å². The third-order valence-electron chi connectivity index (χ3n) is 2.85. The van der Waals surface area contributed by atoms with Crippen molar-refractivity contribution in [1.29, 1.82) is 0 Å². The molecule has 1 N–H and O–H groups in total. The first-order valence-corrected chi connectivity index (χ1v) is 8.46. The van der Waals surface area contributed by atoms with Crippen molar-refractivity contribution in [2.45, 2.75) is 18.7 Å². The number of hydrogen-bond donors (Lipinski definition) is 1. The lowest BCUT2D eigenvalue weighted by molar-refractivity contribution is -0.114. The van der Waals surface area contributed by atoms with Crippen LogP contribution in [0.4, 0.5) is 0 Å². The molecule has 2 aromatic rings. The second-order valence-electron chi connectivity index (χ2n) is 4.42. The van der Waals surface area contributed by atoms with Gasteiger partial charge in [0.15, 0.2) is 0 Å². The molecule has 7 heteroatoms. The van der Waals surface area contributed by atoms with Crippen molar-refractivity contribution in [2.24, 2.45) is 0 Å². The van der Waals surface area contributed by atoms with Crippen molar-refractivity contribution in [2.75, 3.05) is 0 Å². The molecule has 0 aliphatic heterocycles. The maximum absolute atomic E-state index is 12.1. The minimum Gasteiger partial charge on any atom is -0.269 e. The Morgan fingerprint density at radius 2 is 2.05 bits per heavy atom. The number of thiazole rings is 1. The number of rotatable bonds is 4. The Balaban J connectivity index is 2.13. The van der Waals surface area contributed by atoms with E-state index in [1.807, 2.05) is 18.6 Å². The fourth-order valence-electron chi connectivity index (χ4n) is 1.57. The van der Waals surface area contributed by atoms with E-state index in [1.165, 1.54) is 29.5 Å². The molecule has 1 aromatic carbocycles. The molecule has 0 bridgehead atoms. The topological polar surface area (TPSA) is 76.1 Å². The Kier molecular flexibility index (Phi) is 4.54. The van der Waals surface area contributed by atoms with Crippen LogP contribution >= 0.6 is 11.3 Å². The molecule has 0 spiro atoms. The highest BCUT2D eigenvalue weighted by molar-refractivity contribution is 7.90. The summed E-state index contributed by atoms with van der Waals surface area (Å²) in [5.74, 6) is -0.705. The summed E-state index contributed by atoms with van der Waals surface area (Å²) in [4.78, 5) is 15.7. The SMILES string of the molecule is Cc1ccc(S(=O)(=O)NC(=O)/C=C\c2nccs2)cc1C.